The molecule has 12 heavy (non-hydrogen) atoms. The Hall–Kier alpha value is 0. The van der Waals surface area contributed by atoms with Crippen LogP contribution in [0.3, 0.4) is 0 Å². The summed E-state index contributed by atoms with van der Waals surface area (Å²) in [5.74, 6) is 5.89. The molecule has 0 aromatic carbocycles. The van der Waals surface area contributed by atoms with Gasteiger partial charge in [-0.25, -0.2) is 0 Å². The molecule has 4 aliphatic carbocycles. The van der Waals surface area contributed by atoms with Gasteiger partial charge in [-0.05, 0) is 67.1 Å². The normalized spacial score (nSPS) is 71.2. The predicted octanol–water partition coefficient (Wildman–Crippen LogP) is 3.08. The lowest BCUT2D eigenvalue weighted by Crippen LogP contribution is -2.57. The molecular formula is C12H18. The summed E-state index contributed by atoms with van der Waals surface area (Å²) < 4.78 is 0. The summed E-state index contributed by atoms with van der Waals surface area (Å²) in [6.07, 6.45) is 8.04. The summed E-state index contributed by atoms with van der Waals surface area (Å²) >= 11 is 0. The minimum atomic E-state index is 0.972. The summed E-state index contributed by atoms with van der Waals surface area (Å²) in [6.45, 7) is 2.52. The molecule has 4 aliphatic rings. The lowest BCUT2D eigenvalue weighted by molar-refractivity contribution is -0.151. The molecule has 6 atom stereocenters. The van der Waals surface area contributed by atoms with Gasteiger partial charge < -0.3 is 0 Å². The molecule has 0 heteroatoms. The topological polar surface area (TPSA) is 0 Å². The van der Waals surface area contributed by atoms with E-state index in [1.54, 1.807) is 32.1 Å². The Labute approximate surface area is 74.7 Å². The molecule has 0 aliphatic heterocycles. The molecule has 1 spiro atoms. The Balaban J connectivity index is 1.83. The monoisotopic (exact) mass is 162 g/mol. The lowest BCUT2D eigenvalue weighted by atomic mass is 9.42. The fourth-order valence-corrected chi connectivity index (χ4v) is 5.83. The first-order chi connectivity index (χ1) is 5.83. The average Bonchev–Trinajstić information content (AvgIpc) is 2.27. The molecule has 0 aromatic heterocycles. The van der Waals surface area contributed by atoms with Crippen molar-refractivity contribution in [2.24, 2.45) is 35.0 Å². The second kappa shape index (κ2) is 1.63. The van der Waals surface area contributed by atoms with Gasteiger partial charge in [0, 0.05) is 0 Å². The molecule has 0 bridgehead atoms. The molecule has 0 N–H and O–H groups in total. The van der Waals surface area contributed by atoms with E-state index in [1.165, 1.54) is 23.7 Å². The van der Waals surface area contributed by atoms with Gasteiger partial charge in [-0.1, -0.05) is 6.92 Å². The van der Waals surface area contributed by atoms with Crippen molar-refractivity contribution < 1.29 is 0 Å². The van der Waals surface area contributed by atoms with Crippen molar-refractivity contribution in [1.82, 2.24) is 0 Å². The van der Waals surface area contributed by atoms with Gasteiger partial charge in [0.05, 0.1) is 0 Å². The van der Waals surface area contributed by atoms with Crippen molar-refractivity contribution in [1.29, 1.82) is 0 Å². The van der Waals surface area contributed by atoms with E-state index in [9.17, 15) is 0 Å². The van der Waals surface area contributed by atoms with Crippen molar-refractivity contribution in [2.75, 3.05) is 0 Å². The van der Waals surface area contributed by atoms with E-state index in [0.717, 1.165) is 11.3 Å². The van der Waals surface area contributed by atoms with Crippen LogP contribution in [0.4, 0.5) is 0 Å². The number of hydrogen-bond donors (Lipinski definition) is 0. The average molecular weight is 162 g/mol. The second-order valence-corrected chi connectivity index (χ2v) is 5.96. The van der Waals surface area contributed by atoms with Gasteiger partial charge >= 0.3 is 0 Å². The molecule has 0 saturated heterocycles. The Morgan fingerprint density at radius 2 is 1.67 bits per heavy atom. The van der Waals surface area contributed by atoms with Crippen molar-refractivity contribution in [3.63, 3.8) is 0 Å². The van der Waals surface area contributed by atoms with E-state index in [4.69, 9.17) is 0 Å². The van der Waals surface area contributed by atoms with Gasteiger partial charge in [0.1, 0.15) is 0 Å². The van der Waals surface area contributed by atoms with Crippen LogP contribution >= 0.6 is 0 Å². The first-order valence-electron chi connectivity index (χ1n) is 5.83. The standard InChI is InChI=1S/C12H18/c1-7-4-10-5-8-2-3-9-6-11(7)12(8,9)10/h7-11H,2-6H2,1H3/t7-,8?,9?,10?,11?,12?/m1/s1. The highest BCUT2D eigenvalue weighted by Crippen LogP contribution is 2.81. The molecule has 0 aromatic rings. The van der Waals surface area contributed by atoms with Gasteiger partial charge in [0.2, 0.25) is 0 Å². The van der Waals surface area contributed by atoms with E-state index < -0.39 is 0 Å². The molecule has 0 amide bonds. The summed E-state index contributed by atoms with van der Waals surface area (Å²) in [4.78, 5) is 0. The fraction of sp³-hybridized carbons (Fsp3) is 1.00. The van der Waals surface area contributed by atoms with E-state index in [-0.39, 0.29) is 0 Å². The third kappa shape index (κ3) is 0.400. The second-order valence-electron chi connectivity index (χ2n) is 5.96. The first-order valence-corrected chi connectivity index (χ1v) is 5.83. The zero-order valence-electron chi connectivity index (χ0n) is 7.92. The zero-order chi connectivity index (χ0) is 7.92. The van der Waals surface area contributed by atoms with Crippen LogP contribution in [0.1, 0.15) is 39.0 Å². The quantitative estimate of drug-likeness (QED) is 0.513. The van der Waals surface area contributed by atoms with Crippen LogP contribution in [-0.4, -0.2) is 0 Å². The zero-order valence-corrected chi connectivity index (χ0v) is 7.92. The van der Waals surface area contributed by atoms with Gasteiger partial charge in [-0.2, -0.15) is 0 Å². The molecular weight excluding hydrogens is 144 g/mol. The number of hydrogen-bond acceptors (Lipinski definition) is 0. The summed E-state index contributed by atoms with van der Waals surface area (Å²) in [5, 5.41) is 0. The molecule has 4 saturated carbocycles. The van der Waals surface area contributed by atoms with E-state index >= 15 is 0 Å². The third-order valence-corrected chi connectivity index (χ3v) is 6.08. The largest absolute Gasteiger partial charge is 0.0622 e. The summed E-state index contributed by atoms with van der Waals surface area (Å²) in [7, 11) is 0. The number of rotatable bonds is 0. The maximum absolute atomic E-state index is 2.52. The predicted molar refractivity (Wildman–Crippen MR) is 48.6 cm³/mol. The smallest absolute Gasteiger partial charge is 0.0181 e. The highest BCUT2D eigenvalue weighted by Gasteiger charge is 2.74. The molecule has 5 unspecified atom stereocenters. The van der Waals surface area contributed by atoms with Crippen LogP contribution in [-0.2, 0) is 0 Å². The molecule has 66 valence electrons. The van der Waals surface area contributed by atoms with Crippen LogP contribution in [0.15, 0.2) is 0 Å². The molecule has 4 fully saturated rings. The van der Waals surface area contributed by atoms with Crippen LogP contribution in [0.5, 0.6) is 0 Å². The summed E-state index contributed by atoms with van der Waals surface area (Å²) in [5.41, 5.74) is 0.972. The van der Waals surface area contributed by atoms with Crippen LogP contribution < -0.4 is 0 Å². The van der Waals surface area contributed by atoms with Crippen molar-refractivity contribution >= 4 is 0 Å². The highest BCUT2D eigenvalue weighted by molar-refractivity contribution is 5.23. The van der Waals surface area contributed by atoms with Crippen LogP contribution in [0.2, 0.25) is 0 Å². The van der Waals surface area contributed by atoms with Gasteiger partial charge in [0.25, 0.3) is 0 Å². The maximum Gasteiger partial charge on any atom is -0.0181 e. The highest BCUT2D eigenvalue weighted by atomic mass is 14.8. The van der Waals surface area contributed by atoms with Crippen molar-refractivity contribution in [2.45, 2.75) is 39.0 Å². The Morgan fingerprint density at radius 1 is 0.917 bits per heavy atom. The third-order valence-electron chi connectivity index (χ3n) is 6.08. The van der Waals surface area contributed by atoms with Gasteiger partial charge in [-0.3, -0.25) is 0 Å². The Kier molecular flexibility index (Phi) is 0.875. The van der Waals surface area contributed by atoms with Crippen molar-refractivity contribution in [3.05, 3.63) is 0 Å². The SMILES string of the molecule is C[C@@H]1CC2CC3CCC4CC1C342. The summed E-state index contributed by atoms with van der Waals surface area (Å²) in [6, 6.07) is 0. The minimum absolute atomic E-state index is 0.972. The van der Waals surface area contributed by atoms with E-state index in [1.807, 2.05) is 0 Å². The first kappa shape index (κ1) is 6.45. The van der Waals surface area contributed by atoms with Crippen LogP contribution in [0.25, 0.3) is 0 Å². The van der Waals surface area contributed by atoms with Crippen molar-refractivity contribution in [3.8, 4) is 0 Å². The minimum Gasteiger partial charge on any atom is -0.0622 e. The molecule has 4 rings (SSSR count). The van der Waals surface area contributed by atoms with Crippen LogP contribution in [0, 0.1) is 35.0 Å². The van der Waals surface area contributed by atoms with E-state index in [0.29, 0.717) is 0 Å². The lowest BCUT2D eigenvalue weighted by Gasteiger charge is -2.63. The molecule has 0 nitrogen and oxygen atoms in total. The Bertz CT molecular complexity index is 236. The van der Waals surface area contributed by atoms with E-state index in [2.05, 4.69) is 6.92 Å². The fourth-order valence-electron chi connectivity index (χ4n) is 5.83. The van der Waals surface area contributed by atoms with Gasteiger partial charge in [-0.15, -0.1) is 0 Å². The molecule has 0 heterocycles. The molecule has 0 radical (unpaired) electrons. The van der Waals surface area contributed by atoms with Gasteiger partial charge in [0.15, 0.2) is 0 Å². The maximum atomic E-state index is 2.52. The Morgan fingerprint density at radius 3 is 2.33 bits per heavy atom.